The fraction of sp³-hybridized carbons (Fsp3) is 0.286. The van der Waals surface area contributed by atoms with Crippen LogP contribution in [0.1, 0.15) is 36.2 Å². The van der Waals surface area contributed by atoms with Gasteiger partial charge in [-0.05, 0) is 55.3 Å². The van der Waals surface area contributed by atoms with Gasteiger partial charge in [0.25, 0.3) is 11.8 Å². The van der Waals surface area contributed by atoms with Crippen LogP contribution in [0.4, 0.5) is 5.69 Å². The van der Waals surface area contributed by atoms with Crippen LogP contribution < -0.4 is 25.0 Å². The monoisotopic (exact) mass is 397 g/mol. The van der Waals surface area contributed by atoms with Gasteiger partial charge < -0.3 is 19.5 Å². The molecule has 0 saturated carbocycles. The lowest BCUT2D eigenvalue weighted by Gasteiger charge is -2.18. The van der Waals surface area contributed by atoms with Crippen LogP contribution in [0.2, 0.25) is 0 Å². The van der Waals surface area contributed by atoms with Gasteiger partial charge in [0.05, 0.1) is 25.1 Å². The molecule has 0 fully saturated rings. The summed E-state index contributed by atoms with van der Waals surface area (Å²) in [5.41, 5.74) is 4.83. The summed E-state index contributed by atoms with van der Waals surface area (Å²) in [7, 11) is 1.52. The van der Waals surface area contributed by atoms with Crippen molar-refractivity contribution in [3.8, 4) is 17.2 Å². The van der Waals surface area contributed by atoms with Crippen LogP contribution in [-0.4, -0.2) is 37.8 Å². The van der Waals surface area contributed by atoms with Crippen molar-refractivity contribution in [2.45, 2.75) is 20.3 Å². The van der Waals surface area contributed by atoms with Crippen molar-refractivity contribution in [1.29, 1.82) is 0 Å². The molecule has 0 spiro atoms. The van der Waals surface area contributed by atoms with Gasteiger partial charge >= 0.3 is 0 Å². The molecular formula is C21H23N3O5. The van der Waals surface area contributed by atoms with Crippen LogP contribution in [0.3, 0.4) is 0 Å². The van der Waals surface area contributed by atoms with Crippen molar-refractivity contribution >= 4 is 23.2 Å². The Hall–Kier alpha value is -3.55. The van der Waals surface area contributed by atoms with E-state index in [1.165, 1.54) is 7.11 Å². The minimum absolute atomic E-state index is 0.00120. The van der Waals surface area contributed by atoms with E-state index in [0.29, 0.717) is 40.8 Å². The summed E-state index contributed by atoms with van der Waals surface area (Å²) in [5, 5.41) is 6.90. The van der Waals surface area contributed by atoms with Gasteiger partial charge in [0.15, 0.2) is 18.1 Å². The number of carbonyl (C=O) groups is 2. The van der Waals surface area contributed by atoms with E-state index in [1.54, 1.807) is 37.3 Å². The van der Waals surface area contributed by atoms with Crippen molar-refractivity contribution in [2.24, 2.45) is 5.10 Å². The summed E-state index contributed by atoms with van der Waals surface area (Å²) >= 11 is 0. The first kappa shape index (κ1) is 20.2. The van der Waals surface area contributed by atoms with E-state index in [2.05, 4.69) is 15.8 Å². The van der Waals surface area contributed by atoms with Crippen LogP contribution in [0, 0.1) is 0 Å². The largest absolute Gasteiger partial charge is 0.493 e. The van der Waals surface area contributed by atoms with E-state index in [-0.39, 0.29) is 18.4 Å². The Bertz CT molecular complexity index is 955. The van der Waals surface area contributed by atoms with E-state index in [9.17, 15) is 9.59 Å². The molecule has 29 heavy (non-hydrogen) atoms. The fourth-order valence-corrected chi connectivity index (χ4v) is 2.71. The molecule has 8 nitrogen and oxygen atoms in total. The maximum atomic E-state index is 12.5. The highest BCUT2D eigenvalue weighted by atomic mass is 16.5. The van der Waals surface area contributed by atoms with Gasteiger partial charge in [-0.3, -0.25) is 9.59 Å². The molecule has 0 aliphatic carbocycles. The SMILES string of the molecule is CCCOc1ccc(C(=O)N/N=C(/C)c2ccc3c(c2)NC(=O)CO3)cc1OC. The van der Waals surface area contributed by atoms with Crippen LogP contribution in [0.5, 0.6) is 17.2 Å². The zero-order valence-corrected chi connectivity index (χ0v) is 16.6. The molecule has 2 amide bonds. The molecule has 2 N–H and O–H groups in total. The molecule has 0 saturated heterocycles. The molecule has 0 aromatic heterocycles. The first-order valence-electron chi connectivity index (χ1n) is 9.24. The molecule has 1 aliphatic rings. The van der Waals surface area contributed by atoms with Crippen molar-refractivity contribution in [3.05, 3.63) is 47.5 Å². The van der Waals surface area contributed by atoms with Crippen molar-refractivity contribution < 1.29 is 23.8 Å². The average molecular weight is 397 g/mol. The van der Waals surface area contributed by atoms with Gasteiger partial charge in [-0.25, -0.2) is 5.43 Å². The number of methoxy groups -OCH3 is 1. The molecule has 0 radical (unpaired) electrons. The smallest absolute Gasteiger partial charge is 0.271 e. The zero-order chi connectivity index (χ0) is 20.8. The van der Waals surface area contributed by atoms with Gasteiger partial charge in [0.1, 0.15) is 5.75 Å². The molecule has 0 atom stereocenters. The number of benzene rings is 2. The van der Waals surface area contributed by atoms with Crippen LogP contribution in [-0.2, 0) is 4.79 Å². The number of hydrogen-bond acceptors (Lipinski definition) is 6. The number of nitrogens with one attached hydrogen (secondary N) is 2. The van der Waals surface area contributed by atoms with Gasteiger partial charge in [0.2, 0.25) is 0 Å². The predicted octanol–water partition coefficient (Wildman–Crippen LogP) is 2.97. The number of nitrogens with zero attached hydrogens (tertiary/aromatic N) is 1. The molecular weight excluding hydrogens is 374 g/mol. The van der Waals surface area contributed by atoms with Crippen LogP contribution in [0.25, 0.3) is 0 Å². The molecule has 8 heteroatoms. The fourth-order valence-electron chi connectivity index (χ4n) is 2.71. The summed E-state index contributed by atoms with van der Waals surface area (Å²) in [4.78, 5) is 23.9. The topological polar surface area (TPSA) is 98.2 Å². The van der Waals surface area contributed by atoms with Crippen molar-refractivity contribution in [2.75, 3.05) is 25.6 Å². The van der Waals surface area contributed by atoms with Crippen molar-refractivity contribution in [3.63, 3.8) is 0 Å². The Balaban J connectivity index is 1.71. The Labute approximate surface area is 168 Å². The molecule has 2 aromatic rings. The number of hydrazone groups is 1. The minimum atomic E-state index is -0.376. The van der Waals surface area contributed by atoms with E-state index in [1.807, 2.05) is 13.0 Å². The minimum Gasteiger partial charge on any atom is -0.493 e. The first-order valence-corrected chi connectivity index (χ1v) is 9.24. The van der Waals surface area contributed by atoms with Gasteiger partial charge in [0, 0.05) is 5.56 Å². The molecule has 152 valence electrons. The number of rotatable bonds is 7. The lowest BCUT2D eigenvalue weighted by molar-refractivity contribution is -0.118. The van der Waals surface area contributed by atoms with Crippen LogP contribution >= 0.6 is 0 Å². The van der Waals surface area contributed by atoms with Gasteiger partial charge in [-0.2, -0.15) is 5.10 Å². The average Bonchev–Trinajstić information content (AvgIpc) is 2.75. The maximum absolute atomic E-state index is 12.5. The number of anilines is 1. The number of hydrogen-bond donors (Lipinski definition) is 2. The third-order valence-electron chi connectivity index (χ3n) is 4.24. The number of ether oxygens (including phenoxy) is 3. The van der Waals surface area contributed by atoms with E-state index in [4.69, 9.17) is 14.2 Å². The second-order valence-electron chi connectivity index (χ2n) is 6.40. The lowest BCUT2D eigenvalue weighted by Crippen LogP contribution is -2.25. The van der Waals surface area contributed by atoms with E-state index < -0.39 is 0 Å². The van der Waals surface area contributed by atoms with Gasteiger partial charge in [-0.15, -0.1) is 0 Å². The maximum Gasteiger partial charge on any atom is 0.271 e. The Morgan fingerprint density at radius 2 is 2.00 bits per heavy atom. The van der Waals surface area contributed by atoms with E-state index >= 15 is 0 Å². The summed E-state index contributed by atoms with van der Waals surface area (Å²) < 4.78 is 16.2. The summed E-state index contributed by atoms with van der Waals surface area (Å²) in [6, 6.07) is 10.3. The first-order chi connectivity index (χ1) is 14.0. The summed E-state index contributed by atoms with van der Waals surface area (Å²) in [6.45, 7) is 4.34. The van der Waals surface area contributed by atoms with Crippen LogP contribution in [0.15, 0.2) is 41.5 Å². The number of amides is 2. The predicted molar refractivity (Wildman–Crippen MR) is 109 cm³/mol. The number of carbonyl (C=O) groups excluding carboxylic acids is 2. The second kappa shape index (κ2) is 9.09. The third-order valence-corrected chi connectivity index (χ3v) is 4.24. The Kier molecular flexibility index (Phi) is 6.33. The third kappa shape index (κ3) is 4.84. The quantitative estimate of drug-likeness (QED) is 0.553. The molecule has 1 aliphatic heterocycles. The zero-order valence-electron chi connectivity index (χ0n) is 16.6. The standard InChI is InChI=1S/C21H23N3O5/c1-4-9-28-18-8-6-15(11-19(18)27-3)21(26)24-23-13(2)14-5-7-17-16(10-14)22-20(25)12-29-17/h5-8,10-11H,4,9,12H2,1-3H3,(H,22,25)(H,24,26)/b23-13-. The summed E-state index contributed by atoms with van der Waals surface area (Å²) in [5.74, 6) is 1.08. The highest BCUT2D eigenvalue weighted by Gasteiger charge is 2.17. The normalized spacial score (nSPS) is 13.1. The molecule has 3 rings (SSSR count). The Morgan fingerprint density at radius 1 is 1.21 bits per heavy atom. The van der Waals surface area contributed by atoms with Gasteiger partial charge in [-0.1, -0.05) is 6.92 Å². The summed E-state index contributed by atoms with van der Waals surface area (Å²) in [6.07, 6.45) is 0.873. The number of fused-ring (bicyclic) bond motifs is 1. The highest BCUT2D eigenvalue weighted by Crippen LogP contribution is 2.29. The van der Waals surface area contributed by atoms with E-state index in [0.717, 1.165) is 12.0 Å². The molecule has 0 unspecified atom stereocenters. The Morgan fingerprint density at radius 3 is 2.76 bits per heavy atom. The highest BCUT2D eigenvalue weighted by molar-refractivity contribution is 6.03. The lowest BCUT2D eigenvalue weighted by atomic mass is 10.1. The molecule has 2 aromatic carbocycles. The molecule has 1 heterocycles. The van der Waals surface area contributed by atoms with Crippen molar-refractivity contribution in [1.82, 2.24) is 5.43 Å². The second-order valence-corrected chi connectivity index (χ2v) is 6.40. The molecule has 0 bridgehead atoms.